The van der Waals surface area contributed by atoms with Crippen molar-refractivity contribution in [3.63, 3.8) is 0 Å². The van der Waals surface area contributed by atoms with Crippen LogP contribution in [-0.2, 0) is 0 Å². The van der Waals surface area contributed by atoms with Crippen LogP contribution in [0.15, 0.2) is 53.5 Å². The lowest BCUT2D eigenvalue weighted by Crippen LogP contribution is -2.22. The number of benzene rings is 2. The van der Waals surface area contributed by atoms with Gasteiger partial charge in [0.15, 0.2) is 5.17 Å². The molecule has 0 radical (unpaired) electrons. The molecule has 2 atom stereocenters. The summed E-state index contributed by atoms with van der Waals surface area (Å²) in [5.41, 5.74) is 1.58. The van der Waals surface area contributed by atoms with E-state index in [1.165, 1.54) is 36.0 Å². The first-order valence-electron chi connectivity index (χ1n) is 6.56. The second-order valence-corrected chi connectivity index (χ2v) is 5.61. The van der Waals surface area contributed by atoms with Crippen LogP contribution in [0.2, 0.25) is 0 Å². The molecule has 2 unspecified atom stereocenters. The number of nitrogens with one attached hydrogen (secondary N) is 1. The van der Waals surface area contributed by atoms with E-state index < -0.39 is 0 Å². The lowest BCUT2D eigenvalue weighted by atomic mass is 9.95. The van der Waals surface area contributed by atoms with Crippen LogP contribution in [0.3, 0.4) is 0 Å². The Balaban J connectivity index is 2.00. The number of halogens is 2. The molecular weight excluding hydrogens is 290 g/mol. The monoisotopic (exact) mass is 304 g/mol. The maximum absolute atomic E-state index is 13.5. The molecule has 0 amide bonds. The van der Waals surface area contributed by atoms with E-state index in [1.807, 2.05) is 18.4 Å². The third kappa shape index (κ3) is 2.93. The van der Waals surface area contributed by atoms with Crippen molar-refractivity contribution in [3.05, 3.63) is 71.3 Å². The topological polar surface area (TPSA) is 24.4 Å². The fraction of sp³-hybridized carbons (Fsp3) is 0.188. The summed E-state index contributed by atoms with van der Waals surface area (Å²) >= 11 is 1.49. The van der Waals surface area contributed by atoms with Gasteiger partial charge in [0, 0.05) is 0 Å². The average molecular weight is 304 g/mol. The number of thioether (sulfide) groups is 1. The fourth-order valence-corrected chi connectivity index (χ4v) is 2.95. The zero-order valence-electron chi connectivity index (χ0n) is 11.4. The summed E-state index contributed by atoms with van der Waals surface area (Å²) < 4.78 is 26.9. The van der Waals surface area contributed by atoms with Gasteiger partial charge in [0.1, 0.15) is 17.7 Å². The molecule has 0 aromatic heterocycles. The Kier molecular flexibility index (Phi) is 3.92. The number of amidine groups is 1. The summed E-state index contributed by atoms with van der Waals surface area (Å²) in [4.78, 5) is 4.58. The predicted octanol–water partition coefficient (Wildman–Crippen LogP) is 4.07. The molecule has 2 aromatic rings. The standard InChI is InChI=1S/C16H14F2N2S/c1-21-16-19-14(10-4-2-6-12(17)8-10)15(20-16)11-5-3-7-13(18)9-11/h2-9,14-15H,1H3,(H,19,20). The molecule has 0 saturated carbocycles. The van der Waals surface area contributed by atoms with Crippen molar-refractivity contribution in [1.82, 2.24) is 5.32 Å². The SMILES string of the molecule is CSC1=NC(c2cccc(F)c2)C(c2cccc(F)c2)N1. The molecular formula is C16H14F2N2S. The summed E-state index contributed by atoms with van der Waals surface area (Å²) in [7, 11) is 0. The highest BCUT2D eigenvalue weighted by Gasteiger charge is 2.31. The van der Waals surface area contributed by atoms with Gasteiger partial charge in [0.2, 0.25) is 0 Å². The van der Waals surface area contributed by atoms with Crippen LogP contribution in [0.5, 0.6) is 0 Å². The smallest absolute Gasteiger partial charge is 0.157 e. The second-order valence-electron chi connectivity index (χ2n) is 4.82. The summed E-state index contributed by atoms with van der Waals surface area (Å²) in [6.07, 6.45) is 1.92. The van der Waals surface area contributed by atoms with Gasteiger partial charge in [0.25, 0.3) is 0 Å². The highest BCUT2D eigenvalue weighted by molar-refractivity contribution is 8.13. The fourth-order valence-electron chi connectivity index (χ4n) is 2.48. The largest absolute Gasteiger partial charge is 0.356 e. The number of rotatable bonds is 2. The third-order valence-corrected chi connectivity index (χ3v) is 4.05. The van der Waals surface area contributed by atoms with Gasteiger partial charge >= 0.3 is 0 Å². The van der Waals surface area contributed by atoms with Crippen molar-refractivity contribution in [1.29, 1.82) is 0 Å². The Hall–Kier alpha value is -1.88. The highest BCUT2D eigenvalue weighted by Crippen LogP contribution is 2.37. The van der Waals surface area contributed by atoms with Crippen molar-refractivity contribution >= 4 is 16.9 Å². The molecule has 0 spiro atoms. The van der Waals surface area contributed by atoms with Gasteiger partial charge in [-0.3, -0.25) is 4.99 Å². The molecule has 0 fully saturated rings. The zero-order chi connectivity index (χ0) is 14.8. The molecule has 1 aliphatic heterocycles. The van der Waals surface area contributed by atoms with E-state index >= 15 is 0 Å². The van der Waals surface area contributed by atoms with E-state index in [0.717, 1.165) is 16.3 Å². The van der Waals surface area contributed by atoms with Crippen LogP contribution in [0.1, 0.15) is 23.2 Å². The molecule has 108 valence electrons. The van der Waals surface area contributed by atoms with Crippen LogP contribution in [0.4, 0.5) is 8.78 Å². The second kappa shape index (κ2) is 5.85. The Morgan fingerprint density at radius 1 is 1.00 bits per heavy atom. The molecule has 21 heavy (non-hydrogen) atoms. The molecule has 3 rings (SSSR count). The van der Waals surface area contributed by atoms with Crippen molar-refractivity contribution in [2.24, 2.45) is 4.99 Å². The molecule has 2 aromatic carbocycles. The normalized spacial score (nSPS) is 21.0. The van der Waals surface area contributed by atoms with Gasteiger partial charge in [-0.25, -0.2) is 8.78 Å². The Morgan fingerprint density at radius 2 is 1.62 bits per heavy atom. The third-order valence-electron chi connectivity index (χ3n) is 3.44. The van der Waals surface area contributed by atoms with Gasteiger partial charge in [-0.1, -0.05) is 36.0 Å². The first-order chi connectivity index (χ1) is 10.2. The van der Waals surface area contributed by atoms with Crippen molar-refractivity contribution in [3.8, 4) is 0 Å². The maximum atomic E-state index is 13.5. The first kappa shape index (κ1) is 14.1. The van der Waals surface area contributed by atoms with E-state index in [9.17, 15) is 8.78 Å². The van der Waals surface area contributed by atoms with Gasteiger partial charge in [-0.15, -0.1) is 0 Å². The van der Waals surface area contributed by atoms with Gasteiger partial charge in [-0.2, -0.15) is 0 Å². The summed E-state index contributed by atoms with van der Waals surface area (Å²) in [5.74, 6) is -0.580. The van der Waals surface area contributed by atoms with E-state index in [4.69, 9.17) is 0 Å². The minimum atomic E-state index is -0.293. The van der Waals surface area contributed by atoms with Gasteiger partial charge < -0.3 is 5.32 Å². The maximum Gasteiger partial charge on any atom is 0.157 e. The van der Waals surface area contributed by atoms with Gasteiger partial charge in [0.05, 0.1) is 6.04 Å². The van der Waals surface area contributed by atoms with Crippen LogP contribution < -0.4 is 5.32 Å². The average Bonchev–Trinajstić information content (AvgIpc) is 2.91. The number of aliphatic imine (C=N–C) groups is 1. The van der Waals surface area contributed by atoms with E-state index in [0.29, 0.717) is 0 Å². The molecule has 0 saturated heterocycles. The molecule has 2 nitrogen and oxygen atoms in total. The summed E-state index contributed by atoms with van der Waals surface area (Å²) in [6, 6.07) is 12.4. The number of hydrogen-bond acceptors (Lipinski definition) is 3. The number of hydrogen-bond donors (Lipinski definition) is 1. The van der Waals surface area contributed by atoms with Crippen LogP contribution in [0, 0.1) is 11.6 Å². The Bertz CT molecular complexity index is 687. The molecule has 0 aliphatic carbocycles. The van der Waals surface area contributed by atoms with Gasteiger partial charge in [-0.05, 0) is 41.6 Å². The van der Waals surface area contributed by atoms with Crippen molar-refractivity contribution < 1.29 is 8.78 Å². The summed E-state index contributed by atoms with van der Waals surface area (Å²) in [5, 5.41) is 4.05. The van der Waals surface area contributed by atoms with E-state index in [1.54, 1.807) is 12.1 Å². The minimum Gasteiger partial charge on any atom is -0.356 e. The zero-order valence-corrected chi connectivity index (χ0v) is 12.2. The predicted molar refractivity (Wildman–Crippen MR) is 82.4 cm³/mol. The van der Waals surface area contributed by atoms with E-state index in [-0.39, 0.29) is 23.7 Å². The lowest BCUT2D eigenvalue weighted by molar-refractivity contribution is 0.556. The first-order valence-corrected chi connectivity index (χ1v) is 7.79. The van der Waals surface area contributed by atoms with Crippen molar-refractivity contribution in [2.75, 3.05) is 6.26 Å². The molecule has 1 aliphatic rings. The molecule has 0 bridgehead atoms. The highest BCUT2D eigenvalue weighted by atomic mass is 32.2. The Labute approximate surface area is 126 Å². The van der Waals surface area contributed by atoms with Crippen LogP contribution >= 0.6 is 11.8 Å². The van der Waals surface area contributed by atoms with E-state index in [2.05, 4.69) is 10.3 Å². The molecule has 1 N–H and O–H groups in total. The van der Waals surface area contributed by atoms with Crippen LogP contribution in [0.25, 0.3) is 0 Å². The molecule has 1 heterocycles. The van der Waals surface area contributed by atoms with Crippen molar-refractivity contribution in [2.45, 2.75) is 12.1 Å². The minimum absolute atomic E-state index is 0.190. The molecule has 5 heteroatoms. The summed E-state index contributed by atoms with van der Waals surface area (Å²) in [6.45, 7) is 0. The lowest BCUT2D eigenvalue weighted by Gasteiger charge is -2.19. The number of nitrogens with zero attached hydrogens (tertiary/aromatic N) is 1. The Morgan fingerprint density at radius 3 is 2.24 bits per heavy atom. The van der Waals surface area contributed by atoms with Crippen LogP contribution in [-0.4, -0.2) is 11.4 Å². The quantitative estimate of drug-likeness (QED) is 0.904.